The van der Waals surface area contributed by atoms with E-state index in [2.05, 4.69) is 10.6 Å². The number of esters is 1. The van der Waals surface area contributed by atoms with E-state index in [1.807, 2.05) is 19.1 Å². The monoisotopic (exact) mass is 470 g/mol. The molecule has 1 aromatic carbocycles. The topological polar surface area (TPSA) is 67.4 Å². The molecule has 0 aliphatic carbocycles. The highest BCUT2D eigenvalue weighted by atomic mass is 35.5. The zero-order chi connectivity index (χ0) is 21.1. The Morgan fingerprint density at radius 3 is 2.76 bits per heavy atom. The number of ether oxygens (including phenoxy) is 1. The minimum absolute atomic E-state index is 0.266. The SMILES string of the molecule is CCOC(=O)C1=C(C)NC(=O)NC1c1cc(CSc2cc(Cl)ccc2Cl)c(C)s1. The number of amides is 2. The number of benzene rings is 1. The van der Waals surface area contributed by atoms with E-state index >= 15 is 0 Å². The Labute approximate surface area is 187 Å². The maximum Gasteiger partial charge on any atom is 0.338 e. The number of hydrogen-bond acceptors (Lipinski definition) is 5. The highest BCUT2D eigenvalue weighted by Crippen LogP contribution is 2.38. The van der Waals surface area contributed by atoms with Gasteiger partial charge in [-0.2, -0.15) is 0 Å². The van der Waals surface area contributed by atoms with Crippen LogP contribution in [0.15, 0.2) is 40.4 Å². The molecule has 1 unspecified atom stereocenters. The number of thiophene rings is 1. The molecule has 5 nitrogen and oxygen atoms in total. The zero-order valence-corrected chi connectivity index (χ0v) is 19.2. The summed E-state index contributed by atoms with van der Waals surface area (Å²) in [6.45, 7) is 5.74. The van der Waals surface area contributed by atoms with Gasteiger partial charge in [0, 0.05) is 31.1 Å². The van der Waals surface area contributed by atoms with Gasteiger partial charge < -0.3 is 15.4 Å². The van der Waals surface area contributed by atoms with Crippen molar-refractivity contribution in [3.8, 4) is 0 Å². The van der Waals surface area contributed by atoms with Crippen molar-refractivity contribution in [1.29, 1.82) is 0 Å². The number of allylic oxidation sites excluding steroid dienone is 1. The largest absolute Gasteiger partial charge is 0.463 e. The molecule has 2 amide bonds. The molecule has 2 aromatic rings. The summed E-state index contributed by atoms with van der Waals surface area (Å²) in [5.74, 6) is 0.258. The molecule has 1 aromatic heterocycles. The Morgan fingerprint density at radius 1 is 1.28 bits per heavy atom. The predicted molar refractivity (Wildman–Crippen MR) is 119 cm³/mol. The number of nitrogens with one attached hydrogen (secondary N) is 2. The van der Waals surface area contributed by atoms with Crippen LogP contribution in [0.25, 0.3) is 0 Å². The van der Waals surface area contributed by atoms with Gasteiger partial charge in [0.05, 0.1) is 23.2 Å². The van der Waals surface area contributed by atoms with Gasteiger partial charge in [-0.15, -0.1) is 23.1 Å². The molecule has 1 aliphatic rings. The maximum atomic E-state index is 12.5. The smallest absolute Gasteiger partial charge is 0.338 e. The summed E-state index contributed by atoms with van der Waals surface area (Å²) in [4.78, 5) is 27.4. The first-order valence-corrected chi connectivity index (χ1v) is 11.5. The van der Waals surface area contributed by atoms with Crippen molar-refractivity contribution in [2.75, 3.05) is 6.61 Å². The number of aryl methyl sites for hydroxylation is 1. The number of thioether (sulfide) groups is 1. The fraction of sp³-hybridized carbons (Fsp3) is 0.300. The second kappa shape index (κ2) is 9.43. The van der Waals surface area contributed by atoms with Crippen LogP contribution in [0.4, 0.5) is 4.79 Å². The highest BCUT2D eigenvalue weighted by Gasteiger charge is 2.33. The standard InChI is InChI=1S/C20H20Cl2N2O3S2/c1-4-27-19(25)17-10(2)23-20(26)24-18(17)16-7-12(11(3)29-16)9-28-15-8-13(21)5-6-14(15)22/h5-8,18H,4,9H2,1-3H3,(H2,23,24,26). The lowest BCUT2D eigenvalue weighted by Crippen LogP contribution is -2.45. The second-order valence-corrected chi connectivity index (χ2v) is 9.53. The summed E-state index contributed by atoms with van der Waals surface area (Å²) >= 11 is 15.5. The number of hydrogen-bond donors (Lipinski definition) is 2. The van der Waals surface area contributed by atoms with Crippen LogP contribution in [0, 0.1) is 6.92 Å². The van der Waals surface area contributed by atoms with Crippen LogP contribution in [-0.2, 0) is 15.3 Å². The molecule has 0 spiro atoms. The Morgan fingerprint density at radius 2 is 2.03 bits per heavy atom. The molecule has 2 N–H and O–H groups in total. The molecule has 154 valence electrons. The van der Waals surface area contributed by atoms with Gasteiger partial charge in [0.15, 0.2) is 0 Å². The third-order valence-corrected chi connectivity index (χ3v) is 7.30. The predicted octanol–water partition coefficient (Wildman–Crippen LogP) is 5.85. The Hall–Kier alpha value is -1.67. The van der Waals surface area contributed by atoms with Gasteiger partial charge in [-0.05, 0) is 50.6 Å². The van der Waals surface area contributed by atoms with E-state index in [1.165, 1.54) is 0 Å². The molecule has 0 fully saturated rings. The van der Waals surface area contributed by atoms with Crippen LogP contribution >= 0.6 is 46.3 Å². The third-order valence-electron chi connectivity index (χ3n) is 4.37. The van der Waals surface area contributed by atoms with Crippen LogP contribution in [0.5, 0.6) is 0 Å². The van der Waals surface area contributed by atoms with E-state index in [4.69, 9.17) is 27.9 Å². The minimum Gasteiger partial charge on any atom is -0.463 e. The van der Waals surface area contributed by atoms with Crippen molar-refractivity contribution in [2.45, 2.75) is 37.5 Å². The molecule has 0 saturated carbocycles. The summed E-state index contributed by atoms with van der Waals surface area (Å²) in [5, 5.41) is 6.78. The fourth-order valence-electron chi connectivity index (χ4n) is 2.96. The van der Waals surface area contributed by atoms with Gasteiger partial charge in [0.25, 0.3) is 0 Å². The number of halogens is 2. The highest BCUT2D eigenvalue weighted by molar-refractivity contribution is 7.98. The van der Waals surface area contributed by atoms with Crippen LogP contribution in [-0.4, -0.2) is 18.6 Å². The lowest BCUT2D eigenvalue weighted by molar-refractivity contribution is -0.139. The third kappa shape index (κ3) is 5.09. The van der Waals surface area contributed by atoms with Crippen LogP contribution in [0.1, 0.15) is 35.2 Å². The van der Waals surface area contributed by atoms with Crippen molar-refractivity contribution in [1.82, 2.24) is 10.6 Å². The van der Waals surface area contributed by atoms with E-state index in [0.717, 1.165) is 20.2 Å². The van der Waals surface area contributed by atoms with Gasteiger partial charge in [-0.1, -0.05) is 23.2 Å². The molecule has 29 heavy (non-hydrogen) atoms. The summed E-state index contributed by atoms with van der Waals surface area (Å²) in [6.07, 6.45) is 0. The first kappa shape index (κ1) is 22.0. The molecular weight excluding hydrogens is 451 g/mol. The van der Waals surface area contributed by atoms with Crippen molar-refractivity contribution in [2.24, 2.45) is 0 Å². The average Bonchev–Trinajstić information content (AvgIpc) is 3.02. The number of urea groups is 1. The van der Waals surface area contributed by atoms with E-state index in [1.54, 1.807) is 49.1 Å². The molecule has 0 saturated heterocycles. The first-order chi connectivity index (χ1) is 13.8. The van der Waals surface area contributed by atoms with Gasteiger partial charge in [-0.3, -0.25) is 0 Å². The molecule has 2 heterocycles. The maximum absolute atomic E-state index is 12.5. The molecule has 0 radical (unpaired) electrons. The Bertz CT molecular complexity index is 988. The van der Waals surface area contributed by atoms with Crippen LogP contribution in [0.2, 0.25) is 10.0 Å². The molecule has 1 atom stereocenters. The fourth-order valence-corrected chi connectivity index (χ4v) is 5.71. The second-order valence-electron chi connectivity index (χ2n) is 6.38. The number of carbonyl (C=O) groups excluding carboxylic acids is 2. The summed E-state index contributed by atoms with van der Waals surface area (Å²) in [6, 6.07) is 6.52. The van der Waals surface area contributed by atoms with Gasteiger partial charge >= 0.3 is 12.0 Å². The summed E-state index contributed by atoms with van der Waals surface area (Å²) in [7, 11) is 0. The normalized spacial score (nSPS) is 16.4. The number of rotatable bonds is 6. The van der Waals surface area contributed by atoms with E-state index in [9.17, 15) is 9.59 Å². The van der Waals surface area contributed by atoms with Gasteiger partial charge in [0.1, 0.15) is 0 Å². The average molecular weight is 471 g/mol. The van der Waals surface area contributed by atoms with Gasteiger partial charge in [0.2, 0.25) is 0 Å². The quantitative estimate of drug-likeness (QED) is 0.410. The molecule has 1 aliphatic heterocycles. The van der Waals surface area contributed by atoms with E-state index < -0.39 is 12.0 Å². The molecule has 9 heteroatoms. The summed E-state index contributed by atoms with van der Waals surface area (Å²) in [5.41, 5.74) is 2.04. The lowest BCUT2D eigenvalue weighted by Gasteiger charge is -2.27. The van der Waals surface area contributed by atoms with Crippen molar-refractivity contribution in [3.63, 3.8) is 0 Å². The summed E-state index contributed by atoms with van der Waals surface area (Å²) < 4.78 is 5.19. The molecule has 0 bridgehead atoms. The van der Waals surface area contributed by atoms with E-state index in [-0.39, 0.29) is 12.6 Å². The van der Waals surface area contributed by atoms with Crippen molar-refractivity contribution < 1.29 is 14.3 Å². The Balaban J connectivity index is 1.86. The lowest BCUT2D eigenvalue weighted by atomic mass is 10.0. The van der Waals surface area contributed by atoms with Gasteiger partial charge in [-0.25, -0.2) is 9.59 Å². The van der Waals surface area contributed by atoms with Crippen LogP contribution in [0.3, 0.4) is 0 Å². The number of carbonyl (C=O) groups is 2. The van der Waals surface area contributed by atoms with Crippen molar-refractivity contribution in [3.05, 3.63) is 60.9 Å². The van der Waals surface area contributed by atoms with E-state index in [0.29, 0.717) is 27.1 Å². The van der Waals surface area contributed by atoms with Crippen LogP contribution < -0.4 is 10.6 Å². The Kier molecular flexibility index (Phi) is 7.16. The minimum atomic E-state index is -0.542. The zero-order valence-electron chi connectivity index (χ0n) is 16.1. The molecule has 3 rings (SSSR count). The molecular formula is C20H20Cl2N2O3S2. The van der Waals surface area contributed by atoms with Crippen molar-refractivity contribution >= 4 is 58.3 Å². The first-order valence-electron chi connectivity index (χ1n) is 8.92.